The van der Waals surface area contributed by atoms with Crippen LogP contribution in [0.1, 0.15) is 12.0 Å². The number of rotatable bonds is 4. The highest BCUT2D eigenvalue weighted by molar-refractivity contribution is 5.55. The maximum absolute atomic E-state index is 9.16. The summed E-state index contributed by atoms with van der Waals surface area (Å²) in [6.45, 7) is -0.220. The standard InChI is InChI=1S/C10H16N2O2/c11-8-2-4-10(12)7(5-8)1-3-9(14)6-13/h2,4-5,9,13-14H,1,3,6,11-12H2. The molecule has 1 rings (SSSR count). The second-order valence-corrected chi connectivity index (χ2v) is 3.33. The van der Waals surface area contributed by atoms with Crippen LogP contribution in [0.2, 0.25) is 0 Å². The van der Waals surface area contributed by atoms with Crippen molar-refractivity contribution in [3.05, 3.63) is 23.8 Å². The van der Waals surface area contributed by atoms with E-state index in [4.69, 9.17) is 21.7 Å². The van der Waals surface area contributed by atoms with Crippen molar-refractivity contribution in [2.75, 3.05) is 18.1 Å². The molecule has 4 heteroatoms. The van der Waals surface area contributed by atoms with Gasteiger partial charge in [-0.2, -0.15) is 0 Å². The van der Waals surface area contributed by atoms with Gasteiger partial charge in [0, 0.05) is 11.4 Å². The SMILES string of the molecule is Nc1ccc(N)c(CCC(O)CO)c1. The van der Waals surface area contributed by atoms with Gasteiger partial charge in [-0.15, -0.1) is 0 Å². The lowest BCUT2D eigenvalue weighted by Gasteiger charge is -2.09. The van der Waals surface area contributed by atoms with Crippen molar-refractivity contribution in [2.45, 2.75) is 18.9 Å². The monoisotopic (exact) mass is 196 g/mol. The molecule has 0 spiro atoms. The minimum Gasteiger partial charge on any atom is -0.399 e. The summed E-state index contributed by atoms with van der Waals surface area (Å²) in [6, 6.07) is 5.27. The van der Waals surface area contributed by atoms with Crippen LogP contribution >= 0.6 is 0 Å². The second-order valence-electron chi connectivity index (χ2n) is 3.33. The zero-order valence-electron chi connectivity index (χ0n) is 7.98. The molecular formula is C10H16N2O2. The summed E-state index contributed by atoms with van der Waals surface area (Å²) < 4.78 is 0. The van der Waals surface area contributed by atoms with E-state index in [9.17, 15) is 0 Å². The number of hydrogen-bond acceptors (Lipinski definition) is 4. The number of nitrogens with two attached hydrogens (primary N) is 2. The van der Waals surface area contributed by atoms with Crippen molar-refractivity contribution in [3.63, 3.8) is 0 Å². The molecule has 1 aromatic rings. The highest BCUT2D eigenvalue weighted by atomic mass is 16.3. The van der Waals surface area contributed by atoms with E-state index in [1.807, 2.05) is 0 Å². The average molecular weight is 196 g/mol. The van der Waals surface area contributed by atoms with Gasteiger partial charge < -0.3 is 21.7 Å². The predicted octanol–water partition coefficient (Wildman–Crippen LogP) is 0.137. The largest absolute Gasteiger partial charge is 0.399 e. The van der Waals surface area contributed by atoms with Crippen LogP contribution in [0.25, 0.3) is 0 Å². The Morgan fingerprint density at radius 3 is 2.64 bits per heavy atom. The first-order valence-corrected chi connectivity index (χ1v) is 4.56. The van der Waals surface area contributed by atoms with Crippen molar-refractivity contribution in [2.24, 2.45) is 0 Å². The van der Waals surface area contributed by atoms with Crippen LogP contribution in [0.15, 0.2) is 18.2 Å². The first-order valence-electron chi connectivity index (χ1n) is 4.56. The number of nitrogen functional groups attached to an aromatic ring is 2. The zero-order valence-corrected chi connectivity index (χ0v) is 7.98. The Morgan fingerprint density at radius 2 is 2.00 bits per heavy atom. The van der Waals surface area contributed by atoms with Crippen LogP contribution in [-0.2, 0) is 6.42 Å². The molecule has 78 valence electrons. The molecule has 0 aliphatic carbocycles. The van der Waals surface area contributed by atoms with Crippen LogP contribution < -0.4 is 11.5 Å². The lowest BCUT2D eigenvalue weighted by atomic mass is 10.0. The molecule has 0 aliphatic rings. The first-order chi connectivity index (χ1) is 6.63. The molecule has 0 fully saturated rings. The fraction of sp³-hybridized carbons (Fsp3) is 0.400. The molecular weight excluding hydrogens is 180 g/mol. The van der Waals surface area contributed by atoms with E-state index in [-0.39, 0.29) is 6.61 Å². The molecule has 6 N–H and O–H groups in total. The highest BCUT2D eigenvalue weighted by Crippen LogP contribution is 2.17. The third-order valence-corrected chi connectivity index (χ3v) is 2.12. The van der Waals surface area contributed by atoms with Gasteiger partial charge in [0.25, 0.3) is 0 Å². The van der Waals surface area contributed by atoms with Gasteiger partial charge in [0.05, 0.1) is 12.7 Å². The smallest absolute Gasteiger partial charge is 0.0774 e. The van der Waals surface area contributed by atoms with E-state index in [2.05, 4.69) is 0 Å². The van der Waals surface area contributed by atoms with Crippen LogP contribution in [0.5, 0.6) is 0 Å². The lowest BCUT2D eigenvalue weighted by Crippen LogP contribution is -2.13. The summed E-state index contributed by atoms with van der Waals surface area (Å²) in [5.74, 6) is 0. The van der Waals surface area contributed by atoms with Gasteiger partial charge in [-0.3, -0.25) is 0 Å². The number of aryl methyl sites for hydroxylation is 1. The quantitative estimate of drug-likeness (QED) is 0.515. The normalized spacial score (nSPS) is 12.7. The average Bonchev–Trinajstić information content (AvgIpc) is 2.19. The summed E-state index contributed by atoms with van der Waals surface area (Å²) in [5.41, 5.74) is 13.6. The van der Waals surface area contributed by atoms with Gasteiger partial charge in [0.2, 0.25) is 0 Å². The highest BCUT2D eigenvalue weighted by Gasteiger charge is 2.05. The van der Waals surface area contributed by atoms with Crippen molar-refractivity contribution in [3.8, 4) is 0 Å². The molecule has 14 heavy (non-hydrogen) atoms. The minimum absolute atomic E-state index is 0.220. The van der Waals surface area contributed by atoms with Crippen molar-refractivity contribution < 1.29 is 10.2 Å². The summed E-state index contributed by atoms with van der Waals surface area (Å²) in [6.07, 6.45) is 0.429. The maximum Gasteiger partial charge on any atom is 0.0774 e. The Balaban J connectivity index is 2.62. The van der Waals surface area contributed by atoms with Gasteiger partial charge in [-0.05, 0) is 36.6 Å². The van der Waals surface area contributed by atoms with Gasteiger partial charge >= 0.3 is 0 Å². The summed E-state index contributed by atoms with van der Waals surface area (Å²) >= 11 is 0. The van der Waals surface area contributed by atoms with Crippen LogP contribution in [-0.4, -0.2) is 22.9 Å². The van der Waals surface area contributed by atoms with Gasteiger partial charge in [0.1, 0.15) is 0 Å². The molecule has 0 aliphatic heterocycles. The van der Waals surface area contributed by atoms with Crippen LogP contribution in [0, 0.1) is 0 Å². The number of hydrogen-bond donors (Lipinski definition) is 4. The fourth-order valence-corrected chi connectivity index (χ4v) is 1.26. The molecule has 0 heterocycles. The number of benzene rings is 1. The van der Waals surface area contributed by atoms with Gasteiger partial charge in [0.15, 0.2) is 0 Å². The Labute approximate surface area is 83.2 Å². The Hall–Kier alpha value is -1.26. The van der Waals surface area contributed by atoms with E-state index < -0.39 is 6.10 Å². The molecule has 0 amide bonds. The topological polar surface area (TPSA) is 92.5 Å². The predicted molar refractivity (Wildman–Crippen MR) is 56.7 cm³/mol. The molecule has 0 aromatic heterocycles. The molecule has 0 saturated heterocycles. The minimum atomic E-state index is -0.684. The Morgan fingerprint density at radius 1 is 1.29 bits per heavy atom. The summed E-state index contributed by atoms with van der Waals surface area (Å²) in [5, 5.41) is 17.8. The summed E-state index contributed by atoms with van der Waals surface area (Å²) in [4.78, 5) is 0. The van der Waals surface area contributed by atoms with Crippen molar-refractivity contribution in [1.29, 1.82) is 0 Å². The second kappa shape index (κ2) is 4.83. The third-order valence-electron chi connectivity index (χ3n) is 2.12. The molecule has 1 aromatic carbocycles. The molecule has 0 saturated carbocycles. The van der Waals surface area contributed by atoms with E-state index in [1.54, 1.807) is 18.2 Å². The van der Waals surface area contributed by atoms with E-state index in [1.165, 1.54) is 0 Å². The van der Waals surface area contributed by atoms with E-state index >= 15 is 0 Å². The Bertz CT molecular complexity index is 302. The molecule has 0 radical (unpaired) electrons. The van der Waals surface area contributed by atoms with E-state index in [0.29, 0.717) is 24.2 Å². The third kappa shape index (κ3) is 2.90. The van der Waals surface area contributed by atoms with Gasteiger partial charge in [-0.1, -0.05) is 0 Å². The number of aliphatic hydroxyl groups excluding tert-OH is 2. The van der Waals surface area contributed by atoms with E-state index in [0.717, 1.165) is 5.56 Å². The fourth-order valence-electron chi connectivity index (χ4n) is 1.26. The first kappa shape index (κ1) is 10.8. The zero-order chi connectivity index (χ0) is 10.6. The number of anilines is 2. The van der Waals surface area contributed by atoms with Crippen molar-refractivity contribution >= 4 is 11.4 Å². The lowest BCUT2D eigenvalue weighted by molar-refractivity contribution is 0.0886. The van der Waals surface area contributed by atoms with Crippen LogP contribution in [0.3, 0.4) is 0 Å². The van der Waals surface area contributed by atoms with Gasteiger partial charge in [-0.25, -0.2) is 0 Å². The Kier molecular flexibility index (Phi) is 3.73. The maximum atomic E-state index is 9.16. The van der Waals surface area contributed by atoms with Crippen LogP contribution in [0.4, 0.5) is 11.4 Å². The van der Waals surface area contributed by atoms with Crippen molar-refractivity contribution in [1.82, 2.24) is 0 Å². The molecule has 1 unspecified atom stereocenters. The molecule has 4 nitrogen and oxygen atoms in total. The molecule has 1 atom stereocenters. The number of aliphatic hydroxyl groups is 2. The molecule has 0 bridgehead atoms. The summed E-state index contributed by atoms with van der Waals surface area (Å²) in [7, 11) is 0.